The highest BCUT2D eigenvalue weighted by molar-refractivity contribution is 7.16. The molecule has 1 unspecified atom stereocenters. The topological polar surface area (TPSA) is 21.3 Å². The SMILES string of the molecule is COc1ccc(NC2CCCc3sc(Cl)cc32)cc1Cl. The summed E-state index contributed by atoms with van der Waals surface area (Å²) in [6.45, 7) is 0. The fraction of sp³-hybridized carbons (Fsp3) is 0.333. The maximum atomic E-state index is 6.17. The lowest BCUT2D eigenvalue weighted by atomic mass is 9.94. The summed E-state index contributed by atoms with van der Waals surface area (Å²) in [5, 5.41) is 4.17. The molecule has 0 fully saturated rings. The van der Waals surface area contributed by atoms with Gasteiger partial charge >= 0.3 is 0 Å². The van der Waals surface area contributed by atoms with Gasteiger partial charge in [0, 0.05) is 10.6 Å². The molecule has 2 aromatic rings. The van der Waals surface area contributed by atoms with Crippen molar-refractivity contribution < 1.29 is 4.74 Å². The minimum absolute atomic E-state index is 0.312. The van der Waals surface area contributed by atoms with Crippen LogP contribution in [0.5, 0.6) is 5.75 Å². The van der Waals surface area contributed by atoms with E-state index in [1.165, 1.54) is 16.9 Å². The molecule has 0 radical (unpaired) electrons. The van der Waals surface area contributed by atoms with Gasteiger partial charge in [-0.05, 0) is 49.1 Å². The Hall–Kier alpha value is -0.900. The summed E-state index contributed by atoms with van der Waals surface area (Å²) in [4.78, 5) is 1.40. The van der Waals surface area contributed by atoms with Gasteiger partial charge in [0.2, 0.25) is 0 Å². The molecule has 0 amide bonds. The average Bonchev–Trinajstić information content (AvgIpc) is 2.80. The second kappa shape index (κ2) is 5.84. The maximum Gasteiger partial charge on any atom is 0.137 e. The predicted octanol–water partition coefficient (Wildman–Crippen LogP) is 5.55. The molecule has 106 valence electrons. The number of ether oxygens (including phenoxy) is 1. The van der Waals surface area contributed by atoms with Gasteiger partial charge in [-0.15, -0.1) is 11.3 Å². The highest BCUT2D eigenvalue weighted by Gasteiger charge is 2.22. The molecule has 1 aromatic heterocycles. The predicted molar refractivity (Wildman–Crippen MR) is 86.6 cm³/mol. The number of hydrogen-bond acceptors (Lipinski definition) is 3. The molecule has 0 saturated heterocycles. The summed E-state index contributed by atoms with van der Waals surface area (Å²) in [6, 6.07) is 8.18. The fourth-order valence-corrected chi connectivity index (χ4v) is 4.27. The normalized spacial score (nSPS) is 17.6. The average molecular weight is 328 g/mol. The Bertz CT molecular complexity index is 626. The van der Waals surface area contributed by atoms with Crippen LogP contribution in [0.25, 0.3) is 0 Å². The third-order valence-corrected chi connectivity index (χ3v) is 5.21. The lowest BCUT2D eigenvalue weighted by Crippen LogP contribution is -2.15. The van der Waals surface area contributed by atoms with Crippen LogP contribution in [0.2, 0.25) is 9.36 Å². The number of methoxy groups -OCH3 is 1. The lowest BCUT2D eigenvalue weighted by Gasteiger charge is -2.24. The number of rotatable bonds is 3. The van der Waals surface area contributed by atoms with Crippen molar-refractivity contribution in [2.45, 2.75) is 25.3 Å². The van der Waals surface area contributed by atoms with Gasteiger partial charge in [0.05, 0.1) is 22.5 Å². The highest BCUT2D eigenvalue weighted by atomic mass is 35.5. The van der Waals surface area contributed by atoms with Crippen molar-refractivity contribution in [1.82, 2.24) is 0 Å². The first-order valence-corrected chi connectivity index (χ1v) is 8.13. The quantitative estimate of drug-likeness (QED) is 0.797. The van der Waals surface area contributed by atoms with Crippen molar-refractivity contribution >= 4 is 40.2 Å². The van der Waals surface area contributed by atoms with Crippen LogP contribution in [-0.2, 0) is 6.42 Å². The second-order valence-electron chi connectivity index (χ2n) is 4.87. The van der Waals surface area contributed by atoms with Crippen LogP contribution in [0, 0.1) is 0 Å². The van der Waals surface area contributed by atoms with E-state index in [1.54, 1.807) is 18.4 Å². The largest absolute Gasteiger partial charge is 0.495 e. The van der Waals surface area contributed by atoms with Gasteiger partial charge in [-0.3, -0.25) is 0 Å². The second-order valence-corrected chi connectivity index (χ2v) is 7.04. The van der Waals surface area contributed by atoms with Crippen LogP contribution < -0.4 is 10.1 Å². The Balaban J connectivity index is 1.83. The van der Waals surface area contributed by atoms with E-state index in [1.807, 2.05) is 18.2 Å². The molecule has 0 bridgehead atoms. The zero-order valence-electron chi connectivity index (χ0n) is 11.1. The van der Waals surface area contributed by atoms with Crippen LogP contribution in [0.1, 0.15) is 29.3 Å². The molecule has 1 N–H and O–H groups in total. The Morgan fingerprint density at radius 2 is 2.15 bits per heavy atom. The van der Waals surface area contributed by atoms with Crippen LogP contribution in [0.15, 0.2) is 24.3 Å². The third kappa shape index (κ3) is 2.76. The van der Waals surface area contributed by atoms with Crippen LogP contribution >= 0.6 is 34.5 Å². The van der Waals surface area contributed by atoms with Crippen molar-refractivity contribution in [2.75, 3.05) is 12.4 Å². The number of fused-ring (bicyclic) bond motifs is 1. The van der Waals surface area contributed by atoms with Crippen LogP contribution in [0.4, 0.5) is 5.69 Å². The Labute approximate surface area is 132 Å². The standard InChI is InChI=1S/C15H15Cl2NOS/c1-19-13-6-5-9(7-11(13)16)18-12-3-2-4-14-10(12)8-15(17)20-14/h5-8,12,18H,2-4H2,1H3. The molecular weight excluding hydrogens is 313 g/mol. The van der Waals surface area contributed by atoms with Crippen LogP contribution in [-0.4, -0.2) is 7.11 Å². The van der Waals surface area contributed by atoms with E-state index in [2.05, 4.69) is 11.4 Å². The minimum Gasteiger partial charge on any atom is -0.495 e. The molecule has 20 heavy (non-hydrogen) atoms. The highest BCUT2D eigenvalue weighted by Crippen LogP contribution is 2.40. The Morgan fingerprint density at radius 3 is 2.90 bits per heavy atom. The number of aryl methyl sites for hydroxylation is 1. The van der Waals surface area contributed by atoms with Gasteiger partial charge in [0.25, 0.3) is 0 Å². The number of anilines is 1. The van der Waals surface area contributed by atoms with Crippen molar-refractivity contribution in [3.05, 3.63) is 44.1 Å². The molecule has 1 aliphatic carbocycles. The van der Waals surface area contributed by atoms with Crippen LogP contribution in [0.3, 0.4) is 0 Å². The van der Waals surface area contributed by atoms with E-state index in [-0.39, 0.29) is 0 Å². The monoisotopic (exact) mass is 327 g/mol. The maximum absolute atomic E-state index is 6.17. The van der Waals surface area contributed by atoms with E-state index >= 15 is 0 Å². The molecule has 0 spiro atoms. The van der Waals surface area contributed by atoms with Crippen molar-refractivity contribution in [3.63, 3.8) is 0 Å². The number of halogens is 2. The first-order valence-electron chi connectivity index (χ1n) is 6.55. The molecule has 1 atom stereocenters. The molecule has 1 aromatic carbocycles. The van der Waals surface area contributed by atoms with Gasteiger partial charge in [-0.1, -0.05) is 23.2 Å². The smallest absolute Gasteiger partial charge is 0.137 e. The van der Waals surface area contributed by atoms with Crippen molar-refractivity contribution in [3.8, 4) is 5.75 Å². The summed E-state index contributed by atoms with van der Waals surface area (Å²) in [5.74, 6) is 0.695. The zero-order valence-corrected chi connectivity index (χ0v) is 13.4. The summed E-state index contributed by atoms with van der Waals surface area (Å²) < 4.78 is 6.05. The number of thiophene rings is 1. The molecule has 1 heterocycles. The third-order valence-electron chi connectivity index (χ3n) is 3.58. The summed E-state index contributed by atoms with van der Waals surface area (Å²) in [7, 11) is 1.62. The molecular formula is C15H15Cl2NOS. The summed E-state index contributed by atoms with van der Waals surface area (Å²) in [6.07, 6.45) is 3.43. The number of hydrogen-bond donors (Lipinski definition) is 1. The van der Waals surface area contributed by atoms with E-state index < -0.39 is 0 Å². The van der Waals surface area contributed by atoms with E-state index in [0.29, 0.717) is 16.8 Å². The zero-order chi connectivity index (χ0) is 14.1. The van der Waals surface area contributed by atoms with Crippen molar-refractivity contribution in [1.29, 1.82) is 0 Å². The van der Waals surface area contributed by atoms with Gasteiger partial charge < -0.3 is 10.1 Å². The molecule has 1 aliphatic rings. The number of nitrogens with one attached hydrogen (secondary N) is 1. The van der Waals surface area contributed by atoms with Gasteiger partial charge in [0.15, 0.2) is 0 Å². The van der Waals surface area contributed by atoms with E-state index in [9.17, 15) is 0 Å². The molecule has 0 saturated carbocycles. The number of benzene rings is 1. The summed E-state index contributed by atoms with van der Waals surface area (Å²) in [5.41, 5.74) is 2.34. The van der Waals surface area contributed by atoms with Crippen molar-refractivity contribution in [2.24, 2.45) is 0 Å². The van der Waals surface area contributed by atoms with Gasteiger partial charge in [0.1, 0.15) is 5.75 Å². The summed E-state index contributed by atoms with van der Waals surface area (Å²) >= 11 is 14.0. The van der Waals surface area contributed by atoms with E-state index in [0.717, 1.165) is 22.9 Å². The molecule has 5 heteroatoms. The molecule has 0 aliphatic heterocycles. The Kier molecular flexibility index (Phi) is 4.11. The van der Waals surface area contributed by atoms with E-state index in [4.69, 9.17) is 27.9 Å². The van der Waals surface area contributed by atoms with Gasteiger partial charge in [-0.25, -0.2) is 0 Å². The fourth-order valence-electron chi connectivity index (χ4n) is 2.63. The Morgan fingerprint density at radius 1 is 1.30 bits per heavy atom. The molecule has 3 rings (SSSR count). The first-order chi connectivity index (χ1) is 9.67. The molecule has 2 nitrogen and oxygen atoms in total. The minimum atomic E-state index is 0.312. The van der Waals surface area contributed by atoms with Gasteiger partial charge in [-0.2, -0.15) is 0 Å². The lowest BCUT2D eigenvalue weighted by molar-refractivity contribution is 0.415. The first kappa shape index (κ1) is 14.1.